The number of hydrogen-bond donors (Lipinski definition) is 1. The van der Waals surface area contributed by atoms with Crippen molar-refractivity contribution in [3.05, 3.63) is 18.0 Å². The van der Waals surface area contributed by atoms with E-state index < -0.39 is 10.0 Å². The molecule has 1 aliphatic rings. The standard InChI is InChI=1S/C12H17N3O4S/c1-15(2)12(16)11-9(14-20(3,17)18)6-13-7-10(11)19-8-4-5-8/h6-8,14H,4-5H2,1-3H3. The average molecular weight is 299 g/mol. The molecule has 2 rings (SSSR count). The second kappa shape index (κ2) is 5.28. The number of amides is 1. The first kappa shape index (κ1) is 14.6. The Morgan fingerprint density at radius 3 is 2.55 bits per heavy atom. The third kappa shape index (κ3) is 3.60. The van der Waals surface area contributed by atoms with E-state index in [0.717, 1.165) is 19.1 Å². The molecule has 8 heteroatoms. The number of aromatic nitrogens is 1. The van der Waals surface area contributed by atoms with Gasteiger partial charge in [-0.2, -0.15) is 0 Å². The lowest BCUT2D eigenvalue weighted by molar-refractivity contribution is 0.0823. The highest BCUT2D eigenvalue weighted by Crippen LogP contribution is 2.32. The zero-order chi connectivity index (χ0) is 14.9. The van der Waals surface area contributed by atoms with Crippen LogP contribution in [0, 0.1) is 0 Å². The highest BCUT2D eigenvalue weighted by Gasteiger charge is 2.28. The minimum absolute atomic E-state index is 0.0824. The molecule has 7 nitrogen and oxygen atoms in total. The number of nitrogens with one attached hydrogen (secondary N) is 1. The van der Waals surface area contributed by atoms with Gasteiger partial charge >= 0.3 is 0 Å². The number of pyridine rings is 1. The Bertz CT molecular complexity index is 624. The Morgan fingerprint density at radius 2 is 2.05 bits per heavy atom. The van der Waals surface area contributed by atoms with Gasteiger partial charge in [0.1, 0.15) is 5.56 Å². The maximum Gasteiger partial charge on any atom is 0.259 e. The summed E-state index contributed by atoms with van der Waals surface area (Å²) in [6.07, 6.45) is 5.70. The fraction of sp³-hybridized carbons (Fsp3) is 0.500. The normalized spacial score (nSPS) is 14.8. The minimum Gasteiger partial charge on any atom is -0.488 e. The molecular formula is C12H17N3O4S. The predicted octanol–water partition coefficient (Wildman–Crippen LogP) is 0.696. The van der Waals surface area contributed by atoms with Crippen LogP contribution in [0.15, 0.2) is 12.4 Å². The maximum absolute atomic E-state index is 12.3. The molecule has 1 amide bonds. The van der Waals surface area contributed by atoms with Gasteiger partial charge in [-0.25, -0.2) is 8.42 Å². The van der Waals surface area contributed by atoms with Gasteiger partial charge in [0, 0.05) is 14.1 Å². The molecule has 0 saturated heterocycles. The van der Waals surface area contributed by atoms with Crippen LogP contribution in [0.4, 0.5) is 5.69 Å². The van der Waals surface area contributed by atoms with E-state index >= 15 is 0 Å². The molecule has 1 saturated carbocycles. The molecule has 1 aliphatic carbocycles. The number of rotatable bonds is 5. The zero-order valence-electron chi connectivity index (χ0n) is 11.6. The Balaban J connectivity index is 2.46. The van der Waals surface area contributed by atoms with Crippen LogP contribution in [0.25, 0.3) is 0 Å². The van der Waals surface area contributed by atoms with Crippen molar-refractivity contribution in [2.75, 3.05) is 25.1 Å². The fourth-order valence-corrected chi connectivity index (χ4v) is 2.17. The van der Waals surface area contributed by atoms with Crippen molar-refractivity contribution >= 4 is 21.6 Å². The quantitative estimate of drug-likeness (QED) is 0.864. The summed E-state index contributed by atoms with van der Waals surface area (Å²) in [5, 5.41) is 0. The van der Waals surface area contributed by atoms with Gasteiger partial charge in [-0.3, -0.25) is 14.5 Å². The summed E-state index contributed by atoms with van der Waals surface area (Å²) in [6, 6.07) is 0. The van der Waals surface area contributed by atoms with Crippen molar-refractivity contribution in [2.24, 2.45) is 0 Å². The van der Waals surface area contributed by atoms with E-state index in [1.807, 2.05) is 0 Å². The molecule has 110 valence electrons. The summed E-state index contributed by atoms with van der Waals surface area (Å²) in [4.78, 5) is 17.6. The first-order valence-corrected chi connectivity index (χ1v) is 8.01. The van der Waals surface area contributed by atoms with E-state index in [4.69, 9.17) is 4.74 Å². The van der Waals surface area contributed by atoms with E-state index in [1.165, 1.54) is 17.3 Å². The predicted molar refractivity (Wildman–Crippen MR) is 74.4 cm³/mol. The molecule has 1 N–H and O–H groups in total. The number of sulfonamides is 1. The summed E-state index contributed by atoms with van der Waals surface area (Å²) in [5.41, 5.74) is 0.312. The molecule has 0 bridgehead atoms. The molecule has 1 heterocycles. The topological polar surface area (TPSA) is 88.6 Å². The molecule has 20 heavy (non-hydrogen) atoms. The van der Waals surface area contributed by atoms with Crippen molar-refractivity contribution in [1.29, 1.82) is 0 Å². The minimum atomic E-state index is -3.50. The number of anilines is 1. The average Bonchev–Trinajstić information content (AvgIpc) is 3.10. The second-order valence-corrected chi connectivity index (χ2v) is 6.70. The number of hydrogen-bond acceptors (Lipinski definition) is 5. The van der Waals surface area contributed by atoms with Crippen molar-refractivity contribution < 1.29 is 17.9 Å². The van der Waals surface area contributed by atoms with E-state index in [0.29, 0.717) is 5.75 Å². The number of carbonyl (C=O) groups is 1. The number of ether oxygens (including phenoxy) is 1. The molecule has 0 aliphatic heterocycles. The van der Waals surface area contributed by atoms with Gasteiger partial charge in [0.15, 0.2) is 5.75 Å². The first-order valence-electron chi connectivity index (χ1n) is 6.12. The Hall–Kier alpha value is -1.83. The second-order valence-electron chi connectivity index (χ2n) is 4.95. The van der Waals surface area contributed by atoms with Gasteiger partial charge < -0.3 is 9.64 Å². The van der Waals surface area contributed by atoms with Crippen molar-refractivity contribution in [3.8, 4) is 5.75 Å². The molecule has 0 aromatic carbocycles. The summed E-state index contributed by atoms with van der Waals surface area (Å²) < 4.78 is 30.7. The Kier molecular flexibility index (Phi) is 3.85. The van der Waals surface area contributed by atoms with Crippen LogP contribution >= 0.6 is 0 Å². The fourth-order valence-electron chi connectivity index (χ4n) is 1.62. The Morgan fingerprint density at radius 1 is 1.40 bits per heavy atom. The van der Waals surface area contributed by atoms with Crippen molar-refractivity contribution in [3.63, 3.8) is 0 Å². The van der Waals surface area contributed by atoms with Crippen LogP contribution in [-0.4, -0.2) is 50.7 Å². The lowest BCUT2D eigenvalue weighted by atomic mass is 10.2. The van der Waals surface area contributed by atoms with Crippen molar-refractivity contribution in [1.82, 2.24) is 9.88 Å². The molecule has 1 fully saturated rings. The van der Waals surface area contributed by atoms with Gasteiger partial charge in [0.25, 0.3) is 5.91 Å². The lowest BCUT2D eigenvalue weighted by Crippen LogP contribution is -2.25. The van der Waals surface area contributed by atoms with E-state index in [1.54, 1.807) is 14.1 Å². The van der Waals surface area contributed by atoms with Crippen molar-refractivity contribution in [2.45, 2.75) is 18.9 Å². The smallest absolute Gasteiger partial charge is 0.259 e. The molecule has 0 spiro atoms. The monoisotopic (exact) mass is 299 g/mol. The molecule has 0 radical (unpaired) electrons. The Labute approximate surface area is 118 Å². The van der Waals surface area contributed by atoms with Crippen LogP contribution in [0.1, 0.15) is 23.2 Å². The van der Waals surface area contributed by atoms with Gasteiger partial charge in [-0.1, -0.05) is 0 Å². The molecule has 0 unspecified atom stereocenters. The highest BCUT2D eigenvalue weighted by atomic mass is 32.2. The van der Waals surface area contributed by atoms with Gasteiger partial charge in [-0.05, 0) is 12.8 Å². The van der Waals surface area contributed by atoms with E-state index in [2.05, 4.69) is 9.71 Å². The van der Waals surface area contributed by atoms with Crippen LogP contribution in [0.2, 0.25) is 0 Å². The summed E-state index contributed by atoms with van der Waals surface area (Å²) in [6.45, 7) is 0. The first-order chi connectivity index (χ1) is 9.28. The van der Waals surface area contributed by atoms with E-state index in [9.17, 15) is 13.2 Å². The van der Waals surface area contributed by atoms with Gasteiger partial charge in [-0.15, -0.1) is 0 Å². The molecule has 0 atom stereocenters. The summed E-state index contributed by atoms with van der Waals surface area (Å²) in [5.74, 6) is -0.0333. The largest absolute Gasteiger partial charge is 0.488 e. The third-order valence-corrected chi connectivity index (χ3v) is 3.24. The highest BCUT2D eigenvalue weighted by molar-refractivity contribution is 7.92. The number of nitrogens with zero attached hydrogens (tertiary/aromatic N) is 2. The van der Waals surface area contributed by atoms with Crippen LogP contribution in [-0.2, 0) is 10.0 Å². The van der Waals surface area contributed by atoms with Gasteiger partial charge in [0.05, 0.1) is 30.4 Å². The SMILES string of the molecule is CN(C)C(=O)c1c(NS(C)(=O)=O)cncc1OC1CC1. The number of carbonyl (C=O) groups excluding carboxylic acids is 1. The zero-order valence-corrected chi connectivity index (χ0v) is 12.4. The maximum atomic E-state index is 12.3. The summed E-state index contributed by atoms with van der Waals surface area (Å²) >= 11 is 0. The molecular weight excluding hydrogens is 282 g/mol. The molecule has 1 aromatic rings. The van der Waals surface area contributed by atoms with Crippen LogP contribution in [0.3, 0.4) is 0 Å². The third-order valence-electron chi connectivity index (χ3n) is 2.64. The van der Waals surface area contributed by atoms with Gasteiger partial charge in [0.2, 0.25) is 10.0 Å². The lowest BCUT2D eigenvalue weighted by Gasteiger charge is -2.17. The van der Waals surface area contributed by atoms with Crippen LogP contribution < -0.4 is 9.46 Å². The molecule has 1 aromatic heterocycles. The van der Waals surface area contributed by atoms with Crippen LogP contribution in [0.5, 0.6) is 5.75 Å². The summed E-state index contributed by atoms with van der Waals surface area (Å²) in [7, 11) is -0.322. The van der Waals surface area contributed by atoms with E-state index in [-0.39, 0.29) is 23.3 Å².